The molecule has 184 valence electrons. The number of carbonyl (C=O) groups excluding carboxylic acids is 1. The summed E-state index contributed by atoms with van der Waals surface area (Å²) in [5.74, 6) is -0.343. The average molecular weight is 491 g/mol. The predicted molar refractivity (Wildman–Crippen MR) is 142 cm³/mol. The zero-order chi connectivity index (χ0) is 25.2. The van der Waals surface area contributed by atoms with Crippen molar-refractivity contribution in [1.29, 1.82) is 0 Å². The lowest BCUT2D eigenvalue weighted by Gasteiger charge is -2.11. The van der Waals surface area contributed by atoms with E-state index in [1.807, 2.05) is 43.3 Å². The van der Waals surface area contributed by atoms with E-state index in [1.54, 1.807) is 30.9 Å². The summed E-state index contributed by atoms with van der Waals surface area (Å²) in [6, 6.07) is 17.7. The second kappa shape index (κ2) is 9.91. The maximum Gasteiger partial charge on any atom is 0.338 e. The fourth-order valence-electron chi connectivity index (χ4n) is 4.68. The minimum Gasteiger partial charge on any atom is -0.460 e. The number of rotatable bonds is 6. The highest BCUT2D eigenvalue weighted by molar-refractivity contribution is 5.92. The number of aromatic nitrogens is 5. The molecule has 0 bridgehead atoms. The van der Waals surface area contributed by atoms with Crippen LogP contribution in [0.25, 0.3) is 44.8 Å². The highest BCUT2D eigenvalue weighted by atomic mass is 16.5. The first kappa shape index (κ1) is 23.0. The summed E-state index contributed by atoms with van der Waals surface area (Å²) in [6.45, 7) is 3.32. The number of benzene rings is 1. The molecule has 1 aromatic carbocycles. The predicted octanol–water partition coefficient (Wildman–Crippen LogP) is 4.97. The third-order valence-corrected chi connectivity index (χ3v) is 6.61. The van der Waals surface area contributed by atoms with Gasteiger partial charge < -0.3 is 15.0 Å². The van der Waals surface area contributed by atoms with Gasteiger partial charge in [0.15, 0.2) is 0 Å². The summed E-state index contributed by atoms with van der Waals surface area (Å²) in [5.41, 5.74) is 7.25. The van der Waals surface area contributed by atoms with Gasteiger partial charge in [0.05, 0.1) is 40.2 Å². The molecule has 1 saturated heterocycles. The molecule has 0 saturated carbocycles. The van der Waals surface area contributed by atoms with Gasteiger partial charge in [0.1, 0.15) is 6.61 Å². The zero-order valence-corrected chi connectivity index (χ0v) is 20.4. The Kier molecular flexibility index (Phi) is 6.16. The first-order chi connectivity index (χ1) is 18.1. The Balaban J connectivity index is 1.29. The molecule has 8 heteroatoms. The Labute approximate surface area is 214 Å². The van der Waals surface area contributed by atoms with Crippen LogP contribution in [0.1, 0.15) is 28.9 Å². The van der Waals surface area contributed by atoms with Crippen molar-refractivity contribution in [2.24, 2.45) is 0 Å². The van der Waals surface area contributed by atoms with Crippen molar-refractivity contribution in [3.05, 3.63) is 84.6 Å². The van der Waals surface area contributed by atoms with Gasteiger partial charge >= 0.3 is 5.97 Å². The molecule has 0 unspecified atom stereocenters. The van der Waals surface area contributed by atoms with Crippen molar-refractivity contribution < 1.29 is 9.53 Å². The van der Waals surface area contributed by atoms with Crippen LogP contribution in [0.15, 0.2) is 73.3 Å². The number of aromatic amines is 1. The first-order valence-electron chi connectivity index (χ1n) is 12.4. The molecule has 0 aliphatic carbocycles. The number of pyridine rings is 3. The number of nitrogens with one attached hydrogen (secondary N) is 2. The van der Waals surface area contributed by atoms with Crippen LogP contribution in [0.5, 0.6) is 0 Å². The van der Waals surface area contributed by atoms with E-state index < -0.39 is 0 Å². The van der Waals surface area contributed by atoms with Crippen LogP contribution < -0.4 is 5.32 Å². The molecule has 0 spiro atoms. The number of aryl methyl sites for hydroxylation is 1. The van der Waals surface area contributed by atoms with E-state index in [1.165, 1.54) is 0 Å². The lowest BCUT2D eigenvalue weighted by Crippen LogP contribution is -2.28. The topological polar surface area (TPSA) is 106 Å². The number of H-pyrrole nitrogens is 1. The summed E-state index contributed by atoms with van der Waals surface area (Å²) in [7, 11) is 0. The van der Waals surface area contributed by atoms with Gasteiger partial charge in [0.2, 0.25) is 0 Å². The van der Waals surface area contributed by atoms with E-state index in [0.29, 0.717) is 17.9 Å². The molecule has 1 aliphatic heterocycles. The Bertz CT molecular complexity index is 1590. The van der Waals surface area contributed by atoms with Crippen LogP contribution in [0.4, 0.5) is 0 Å². The summed E-state index contributed by atoms with van der Waals surface area (Å²) in [4.78, 5) is 34.2. The Hall–Kier alpha value is -4.43. The van der Waals surface area contributed by atoms with E-state index in [0.717, 1.165) is 64.2 Å². The van der Waals surface area contributed by atoms with Crippen LogP contribution in [0.3, 0.4) is 0 Å². The van der Waals surface area contributed by atoms with Gasteiger partial charge in [0.25, 0.3) is 0 Å². The van der Waals surface area contributed by atoms with Crippen LogP contribution >= 0.6 is 0 Å². The number of imidazole rings is 1. The van der Waals surface area contributed by atoms with Crippen molar-refractivity contribution in [1.82, 2.24) is 30.2 Å². The SMILES string of the molecule is Cc1cccc(-c2[nH]cnc2-c2ccc3ncc(-c4cc(C(=O)OC[C@H]5CCCN5)ccn4)cc3c2)n1. The number of hydrogen-bond acceptors (Lipinski definition) is 7. The monoisotopic (exact) mass is 490 g/mol. The van der Waals surface area contributed by atoms with Gasteiger partial charge in [-0.2, -0.15) is 0 Å². The van der Waals surface area contributed by atoms with Crippen molar-refractivity contribution >= 4 is 16.9 Å². The molecule has 2 N–H and O–H groups in total. The van der Waals surface area contributed by atoms with Gasteiger partial charge in [-0.3, -0.25) is 15.0 Å². The second-order valence-electron chi connectivity index (χ2n) is 9.24. The van der Waals surface area contributed by atoms with Gasteiger partial charge in [-0.1, -0.05) is 12.1 Å². The number of fused-ring (bicyclic) bond motifs is 1. The van der Waals surface area contributed by atoms with Gasteiger partial charge in [0, 0.05) is 40.6 Å². The molecule has 5 heterocycles. The summed E-state index contributed by atoms with van der Waals surface area (Å²) >= 11 is 0. The number of hydrogen-bond donors (Lipinski definition) is 2. The molecule has 0 radical (unpaired) electrons. The Morgan fingerprint density at radius 3 is 2.81 bits per heavy atom. The third kappa shape index (κ3) is 4.83. The molecule has 0 amide bonds. The van der Waals surface area contributed by atoms with E-state index >= 15 is 0 Å². The average Bonchev–Trinajstić information content (AvgIpc) is 3.64. The molecule has 6 rings (SSSR count). The fourth-order valence-corrected chi connectivity index (χ4v) is 4.68. The van der Waals surface area contributed by atoms with Crippen molar-refractivity contribution in [2.45, 2.75) is 25.8 Å². The van der Waals surface area contributed by atoms with Crippen LogP contribution in [0.2, 0.25) is 0 Å². The fraction of sp³-hybridized carbons (Fsp3) is 0.207. The first-order valence-corrected chi connectivity index (χ1v) is 12.4. The molecule has 1 atom stereocenters. The van der Waals surface area contributed by atoms with E-state index in [9.17, 15) is 4.79 Å². The lowest BCUT2D eigenvalue weighted by atomic mass is 10.0. The quantitative estimate of drug-likeness (QED) is 0.324. The summed E-state index contributed by atoms with van der Waals surface area (Å²) in [6.07, 6.45) is 7.23. The number of nitrogens with zero attached hydrogens (tertiary/aromatic N) is 4. The van der Waals surface area contributed by atoms with Crippen molar-refractivity contribution in [3.63, 3.8) is 0 Å². The van der Waals surface area contributed by atoms with Gasteiger partial charge in [-0.05, 0) is 68.8 Å². The minimum atomic E-state index is -0.343. The van der Waals surface area contributed by atoms with E-state index in [-0.39, 0.29) is 12.0 Å². The molecule has 1 fully saturated rings. The molecule has 5 aromatic rings. The molecule has 4 aromatic heterocycles. The number of carbonyl (C=O) groups is 1. The maximum absolute atomic E-state index is 12.6. The molecular formula is C29H26N6O2. The van der Waals surface area contributed by atoms with E-state index in [4.69, 9.17) is 4.74 Å². The van der Waals surface area contributed by atoms with Crippen LogP contribution in [0, 0.1) is 6.92 Å². The van der Waals surface area contributed by atoms with Gasteiger partial charge in [-0.15, -0.1) is 0 Å². The number of ether oxygens (including phenoxy) is 1. The zero-order valence-electron chi connectivity index (χ0n) is 20.4. The molecule has 37 heavy (non-hydrogen) atoms. The number of esters is 1. The maximum atomic E-state index is 12.6. The summed E-state index contributed by atoms with van der Waals surface area (Å²) in [5, 5.41) is 4.29. The third-order valence-electron chi connectivity index (χ3n) is 6.61. The van der Waals surface area contributed by atoms with Crippen LogP contribution in [-0.4, -0.2) is 50.1 Å². The van der Waals surface area contributed by atoms with E-state index in [2.05, 4.69) is 36.3 Å². The van der Waals surface area contributed by atoms with Crippen molar-refractivity contribution in [2.75, 3.05) is 13.2 Å². The van der Waals surface area contributed by atoms with Crippen LogP contribution in [-0.2, 0) is 4.74 Å². The minimum absolute atomic E-state index is 0.237. The largest absolute Gasteiger partial charge is 0.460 e. The normalized spacial score (nSPS) is 15.2. The summed E-state index contributed by atoms with van der Waals surface area (Å²) < 4.78 is 5.53. The molecule has 1 aliphatic rings. The van der Waals surface area contributed by atoms with Crippen molar-refractivity contribution in [3.8, 4) is 33.9 Å². The Morgan fingerprint density at radius 2 is 1.95 bits per heavy atom. The second-order valence-corrected chi connectivity index (χ2v) is 9.24. The highest BCUT2D eigenvalue weighted by Gasteiger charge is 2.18. The standard InChI is InChI=1S/C29H26N6O2/c1-18-4-2-6-25(35-18)28-27(33-17-34-28)19-7-8-24-21(12-19)13-22(15-32-24)26-14-20(9-11-31-26)29(36)37-16-23-5-3-10-30-23/h2,4,6-9,11-15,17,23,30H,3,5,10,16H2,1H3,(H,33,34)/t23-/m1/s1. The lowest BCUT2D eigenvalue weighted by molar-refractivity contribution is 0.0473. The smallest absolute Gasteiger partial charge is 0.338 e. The molecular weight excluding hydrogens is 464 g/mol. The Morgan fingerprint density at radius 1 is 1.03 bits per heavy atom. The highest BCUT2D eigenvalue weighted by Crippen LogP contribution is 2.31. The molecule has 8 nitrogen and oxygen atoms in total. The van der Waals surface area contributed by atoms with Gasteiger partial charge in [-0.25, -0.2) is 9.78 Å².